The van der Waals surface area contributed by atoms with Crippen LogP contribution in [0.15, 0.2) is 41.5 Å². The minimum atomic E-state index is -0.272. The number of H-pyrrole nitrogens is 1. The van der Waals surface area contributed by atoms with Crippen molar-refractivity contribution in [3.63, 3.8) is 0 Å². The van der Waals surface area contributed by atoms with E-state index in [1.54, 1.807) is 10.9 Å². The molecule has 1 N–H and O–H groups in total. The number of aromatic nitrogens is 3. The summed E-state index contributed by atoms with van der Waals surface area (Å²) in [5, 5.41) is 6.17. The molecule has 2 aromatic rings. The van der Waals surface area contributed by atoms with Gasteiger partial charge in [0.2, 0.25) is 0 Å². The Morgan fingerprint density at radius 1 is 1.31 bits per heavy atom. The van der Waals surface area contributed by atoms with Gasteiger partial charge in [0, 0.05) is 5.54 Å². The molecule has 0 spiro atoms. The fourth-order valence-corrected chi connectivity index (χ4v) is 1.86. The minimum absolute atomic E-state index is 0.166. The molecule has 0 saturated carbocycles. The van der Waals surface area contributed by atoms with E-state index in [9.17, 15) is 4.79 Å². The third-order valence-electron chi connectivity index (χ3n) is 2.68. The molecule has 0 atom stereocenters. The van der Waals surface area contributed by atoms with Crippen molar-refractivity contribution in [3.8, 4) is 0 Å². The van der Waals surface area contributed by atoms with Gasteiger partial charge in [-0.3, -0.25) is 4.57 Å². The lowest BCUT2D eigenvalue weighted by Gasteiger charge is -2.25. The maximum Gasteiger partial charge on any atom is 0.343 e. The molecule has 0 bridgehead atoms. The van der Waals surface area contributed by atoms with Crippen LogP contribution in [0.3, 0.4) is 0 Å². The van der Waals surface area contributed by atoms with Gasteiger partial charge < -0.3 is 0 Å². The molecule has 0 aliphatic heterocycles. The predicted molar refractivity (Wildman–Crippen MR) is 62.3 cm³/mol. The highest BCUT2D eigenvalue weighted by Crippen LogP contribution is 2.18. The van der Waals surface area contributed by atoms with Crippen molar-refractivity contribution in [2.45, 2.75) is 25.8 Å². The van der Waals surface area contributed by atoms with Gasteiger partial charge >= 0.3 is 5.69 Å². The van der Waals surface area contributed by atoms with Gasteiger partial charge in [0.25, 0.3) is 0 Å². The second kappa shape index (κ2) is 3.96. The summed E-state index contributed by atoms with van der Waals surface area (Å²) >= 11 is 0. The van der Waals surface area contributed by atoms with E-state index in [0.29, 0.717) is 0 Å². The van der Waals surface area contributed by atoms with Gasteiger partial charge in [-0.2, -0.15) is 5.10 Å². The molecule has 84 valence electrons. The predicted octanol–water partition coefficient (Wildman–Crippen LogP) is 1.55. The van der Waals surface area contributed by atoms with Crippen LogP contribution >= 0.6 is 0 Å². The molecule has 0 aliphatic carbocycles. The summed E-state index contributed by atoms with van der Waals surface area (Å²) < 4.78 is 1.62. The van der Waals surface area contributed by atoms with Crippen molar-refractivity contribution < 1.29 is 0 Å². The van der Waals surface area contributed by atoms with E-state index in [-0.39, 0.29) is 11.2 Å². The van der Waals surface area contributed by atoms with Crippen LogP contribution in [-0.2, 0) is 12.0 Å². The van der Waals surface area contributed by atoms with Crippen LogP contribution < -0.4 is 5.69 Å². The summed E-state index contributed by atoms with van der Waals surface area (Å²) in [7, 11) is 0. The summed E-state index contributed by atoms with van der Waals surface area (Å²) in [5.41, 5.74) is 0.771. The first-order chi connectivity index (χ1) is 7.59. The average molecular weight is 217 g/mol. The first-order valence-electron chi connectivity index (χ1n) is 5.26. The highest BCUT2D eigenvalue weighted by Gasteiger charge is 2.22. The maximum absolute atomic E-state index is 11.5. The Kier molecular flexibility index (Phi) is 2.64. The summed E-state index contributed by atoms with van der Waals surface area (Å²) in [6.07, 6.45) is 2.35. The number of nitrogens with one attached hydrogen (secondary N) is 1. The van der Waals surface area contributed by atoms with Gasteiger partial charge in [-0.1, -0.05) is 30.3 Å². The van der Waals surface area contributed by atoms with E-state index in [0.717, 1.165) is 6.42 Å². The third kappa shape index (κ3) is 2.05. The van der Waals surface area contributed by atoms with Crippen LogP contribution in [-0.4, -0.2) is 14.8 Å². The van der Waals surface area contributed by atoms with Crippen LogP contribution in [0.5, 0.6) is 0 Å². The number of aromatic amines is 1. The van der Waals surface area contributed by atoms with Crippen LogP contribution in [0.1, 0.15) is 19.4 Å². The van der Waals surface area contributed by atoms with E-state index < -0.39 is 0 Å². The number of rotatable bonds is 3. The second-order valence-corrected chi connectivity index (χ2v) is 4.51. The Bertz CT molecular complexity index is 510. The lowest BCUT2D eigenvalue weighted by molar-refractivity contribution is 0.342. The highest BCUT2D eigenvalue weighted by atomic mass is 16.1. The van der Waals surface area contributed by atoms with Crippen LogP contribution in [0, 0.1) is 0 Å². The van der Waals surface area contributed by atoms with Crippen molar-refractivity contribution in [2.24, 2.45) is 0 Å². The first-order valence-corrected chi connectivity index (χ1v) is 5.26. The Morgan fingerprint density at radius 2 is 2.00 bits per heavy atom. The number of nitrogens with zero attached hydrogens (tertiary/aromatic N) is 2. The van der Waals surface area contributed by atoms with Crippen molar-refractivity contribution in [1.82, 2.24) is 14.8 Å². The minimum Gasteiger partial charge on any atom is -0.276 e. The third-order valence-corrected chi connectivity index (χ3v) is 2.68. The lowest BCUT2D eigenvalue weighted by Crippen LogP contribution is -2.36. The van der Waals surface area contributed by atoms with Crippen LogP contribution in [0.4, 0.5) is 0 Å². The topological polar surface area (TPSA) is 50.7 Å². The summed E-state index contributed by atoms with van der Waals surface area (Å²) in [5.74, 6) is 0. The quantitative estimate of drug-likeness (QED) is 0.848. The van der Waals surface area contributed by atoms with Crippen molar-refractivity contribution in [1.29, 1.82) is 0 Å². The highest BCUT2D eigenvalue weighted by molar-refractivity contribution is 5.16. The molecular formula is C12H15N3O. The Balaban J connectivity index is 2.28. The summed E-state index contributed by atoms with van der Waals surface area (Å²) in [6.45, 7) is 4.05. The van der Waals surface area contributed by atoms with Gasteiger partial charge in [0.05, 0.1) is 0 Å². The number of hydrogen-bond donors (Lipinski definition) is 1. The normalized spacial score (nSPS) is 11.6. The smallest absolute Gasteiger partial charge is 0.276 e. The molecule has 0 unspecified atom stereocenters. The zero-order valence-electron chi connectivity index (χ0n) is 9.47. The van der Waals surface area contributed by atoms with Crippen molar-refractivity contribution in [2.75, 3.05) is 0 Å². The molecule has 0 saturated heterocycles. The Morgan fingerprint density at radius 3 is 2.56 bits per heavy atom. The largest absolute Gasteiger partial charge is 0.343 e. The fourth-order valence-electron chi connectivity index (χ4n) is 1.86. The van der Waals surface area contributed by atoms with Crippen LogP contribution in [0.2, 0.25) is 0 Å². The monoisotopic (exact) mass is 217 g/mol. The maximum atomic E-state index is 11.5. The lowest BCUT2D eigenvalue weighted by atomic mass is 9.95. The SMILES string of the molecule is CC(C)(Cc1ccccc1)n1cn[nH]c1=O. The second-order valence-electron chi connectivity index (χ2n) is 4.51. The van der Waals surface area contributed by atoms with Crippen LogP contribution in [0.25, 0.3) is 0 Å². The Hall–Kier alpha value is -1.84. The molecule has 4 heteroatoms. The molecule has 1 aromatic heterocycles. The van der Waals surface area contributed by atoms with Crippen molar-refractivity contribution in [3.05, 3.63) is 52.7 Å². The molecule has 16 heavy (non-hydrogen) atoms. The zero-order chi connectivity index (χ0) is 11.6. The molecule has 2 rings (SSSR count). The molecule has 0 fully saturated rings. The van der Waals surface area contributed by atoms with Gasteiger partial charge in [0.1, 0.15) is 6.33 Å². The number of benzene rings is 1. The van der Waals surface area contributed by atoms with Gasteiger partial charge in [-0.25, -0.2) is 9.89 Å². The zero-order valence-corrected chi connectivity index (χ0v) is 9.47. The summed E-state index contributed by atoms with van der Waals surface area (Å²) in [6, 6.07) is 10.1. The van der Waals surface area contributed by atoms with E-state index >= 15 is 0 Å². The van der Waals surface area contributed by atoms with Gasteiger partial charge in [-0.05, 0) is 25.8 Å². The average Bonchev–Trinajstić information content (AvgIpc) is 2.66. The number of hydrogen-bond acceptors (Lipinski definition) is 2. The molecule has 1 heterocycles. The van der Waals surface area contributed by atoms with Gasteiger partial charge in [0.15, 0.2) is 0 Å². The molecule has 0 aliphatic rings. The van der Waals surface area contributed by atoms with Gasteiger partial charge in [-0.15, -0.1) is 0 Å². The van der Waals surface area contributed by atoms with Crippen molar-refractivity contribution >= 4 is 0 Å². The van der Waals surface area contributed by atoms with E-state index in [1.807, 2.05) is 32.0 Å². The molecule has 4 nitrogen and oxygen atoms in total. The van der Waals surface area contributed by atoms with E-state index in [4.69, 9.17) is 0 Å². The molecular weight excluding hydrogens is 202 g/mol. The first kappa shape index (κ1) is 10.7. The molecule has 0 amide bonds. The van der Waals surface area contributed by atoms with E-state index in [2.05, 4.69) is 22.3 Å². The van der Waals surface area contributed by atoms with E-state index in [1.165, 1.54) is 5.56 Å². The molecule has 1 aromatic carbocycles. The Labute approximate surface area is 93.9 Å². The fraction of sp³-hybridized carbons (Fsp3) is 0.333. The standard InChI is InChI=1S/C12H15N3O/c1-12(2,15-9-13-14-11(15)16)8-10-6-4-3-5-7-10/h3-7,9H,8H2,1-2H3,(H,14,16). The molecule has 0 radical (unpaired) electrons. The summed E-state index contributed by atoms with van der Waals surface area (Å²) in [4.78, 5) is 11.5.